The highest BCUT2D eigenvalue weighted by molar-refractivity contribution is 7.71. The number of amides is 1. The molecule has 0 unspecified atom stereocenters. The summed E-state index contributed by atoms with van der Waals surface area (Å²) >= 11 is 5.11. The number of aryl methyl sites for hydroxylation is 1. The molecule has 0 saturated heterocycles. The van der Waals surface area contributed by atoms with Crippen LogP contribution in [0.2, 0.25) is 0 Å². The minimum atomic E-state index is -0.237. The van der Waals surface area contributed by atoms with Gasteiger partial charge in [0.05, 0.1) is 17.4 Å². The lowest BCUT2D eigenvalue weighted by Gasteiger charge is -2.09. The SMILES string of the molecule is Cc1ccc(OCCNC(=O)c2ccc3c(=O)n(C)c(=S)[nH]c3c2)cc1. The van der Waals surface area contributed by atoms with E-state index in [1.54, 1.807) is 25.2 Å². The summed E-state index contributed by atoms with van der Waals surface area (Å²) in [5.41, 5.74) is 1.96. The van der Waals surface area contributed by atoms with Crippen molar-refractivity contribution in [2.75, 3.05) is 13.2 Å². The first-order valence-electron chi connectivity index (χ1n) is 8.16. The van der Waals surface area contributed by atoms with E-state index >= 15 is 0 Å². The van der Waals surface area contributed by atoms with E-state index in [0.29, 0.717) is 34.4 Å². The van der Waals surface area contributed by atoms with Gasteiger partial charge in [-0.3, -0.25) is 14.2 Å². The highest BCUT2D eigenvalue weighted by Crippen LogP contribution is 2.12. The second kappa shape index (κ2) is 7.53. The number of aromatic amines is 1. The monoisotopic (exact) mass is 369 g/mol. The van der Waals surface area contributed by atoms with E-state index < -0.39 is 0 Å². The van der Waals surface area contributed by atoms with Gasteiger partial charge in [0, 0.05) is 12.6 Å². The van der Waals surface area contributed by atoms with Crippen molar-refractivity contribution in [2.45, 2.75) is 6.92 Å². The molecule has 26 heavy (non-hydrogen) atoms. The first-order valence-corrected chi connectivity index (χ1v) is 8.57. The van der Waals surface area contributed by atoms with Crippen LogP contribution in [0.15, 0.2) is 47.3 Å². The van der Waals surface area contributed by atoms with Gasteiger partial charge in [0.15, 0.2) is 4.77 Å². The van der Waals surface area contributed by atoms with Crippen LogP contribution in [-0.2, 0) is 7.05 Å². The first-order chi connectivity index (χ1) is 12.5. The number of benzene rings is 2. The molecular formula is C19H19N3O3S. The maximum Gasteiger partial charge on any atom is 0.261 e. The molecule has 0 fully saturated rings. The maximum atomic E-state index is 12.3. The van der Waals surface area contributed by atoms with Crippen LogP contribution in [0.5, 0.6) is 5.75 Å². The molecule has 0 saturated carbocycles. The average Bonchev–Trinajstić information content (AvgIpc) is 2.64. The molecule has 3 aromatic rings. The summed E-state index contributed by atoms with van der Waals surface area (Å²) in [6.45, 7) is 2.75. The molecule has 1 aromatic heterocycles. The van der Waals surface area contributed by atoms with Gasteiger partial charge >= 0.3 is 0 Å². The first kappa shape index (κ1) is 17.9. The molecule has 2 N–H and O–H groups in total. The molecule has 3 rings (SSSR count). The van der Waals surface area contributed by atoms with Crippen LogP contribution in [0.4, 0.5) is 0 Å². The molecule has 0 aliphatic heterocycles. The standard InChI is InChI=1S/C19H19N3O3S/c1-12-3-6-14(7-4-12)25-10-9-20-17(23)13-5-8-15-16(11-13)21-19(26)22(2)18(15)24/h3-8,11H,9-10H2,1-2H3,(H,20,23)(H,21,26). The van der Waals surface area contributed by atoms with Gasteiger partial charge in [-0.1, -0.05) is 17.7 Å². The van der Waals surface area contributed by atoms with Gasteiger partial charge in [-0.25, -0.2) is 0 Å². The number of rotatable bonds is 5. The van der Waals surface area contributed by atoms with Gasteiger partial charge in [-0.05, 0) is 49.5 Å². The summed E-state index contributed by atoms with van der Waals surface area (Å²) in [6.07, 6.45) is 0. The molecule has 0 aliphatic rings. The molecule has 2 aromatic carbocycles. The molecule has 6 nitrogen and oxygen atoms in total. The van der Waals surface area contributed by atoms with Crippen molar-refractivity contribution in [3.8, 4) is 5.75 Å². The van der Waals surface area contributed by atoms with Gasteiger partial charge in [-0.2, -0.15) is 0 Å². The predicted molar refractivity (Wildman–Crippen MR) is 103 cm³/mol. The molecule has 1 amide bonds. The fraction of sp³-hybridized carbons (Fsp3) is 0.211. The molecule has 0 atom stereocenters. The summed E-state index contributed by atoms with van der Waals surface area (Å²) in [7, 11) is 1.61. The molecule has 134 valence electrons. The number of H-pyrrole nitrogens is 1. The fourth-order valence-corrected chi connectivity index (χ4v) is 2.71. The largest absolute Gasteiger partial charge is 0.492 e. The number of hydrogen-bond acceptors (Lipinski definition) is 4. The quantitative estimate of drug-likeness (QED) is 0.536. The molecule has 1 heterocycles. The number of carbonyl (C=O) groups is 1. The van der Waals surface area contributed by atoms with Crippen LogP contribution in [-0.4, -0.2) is 28.6 Å². The summed E-state index contributed by atoms with van der Waals surface area (Å²) in [5.74, 6) is 0.526. The van der Waals surface area contributed by atoms with Gasteiger partial charge < -0.3 is 15.0 Å². The van der Waals surface area contributed by atoms with Crippen LogP contribution in [0.1, 0.15) is 15.9 Å². The Kier molecular flexibility index (Phi) is 5.18. The zero-order chi connectivity index (χ0) is 18.7. The van der Waals surface area contributed by atoms with Crippen LogP contribution >= 0.6 is 12.2 Å². The van der Waals surface area contributed by atoms with Crippen molar-refractivity contribution >= 4 is 29.0 Å². The third-order valence-electron chi connectivity index (χ3n) is 4.04. The van der Waals surface area contributed by atoms with Gasteiger partial charge in [0.1, 0.15) is 12.4 Å². The Balaban J connectivity index is 1.64. The Morgan fingerprint density at radius 1 is 1.23 bits per heavy atom. The second-order valence-electron chi connectivity index (χ2n) is 5.97. The van der Waals surface area contributed by atoms with E-state index in [1.165, 1.54) is 4.57 Å². The summed E-state index contributed by atoms with van der Waals surface area (Å²) in [6, 6.07) is 12.6. The fourth-order valence-electron chi connectivity index (χ4n) is 2.52. The lowest BCUT2D eigenvalue weighted by molar-refractivity contribution is 0.0947. The Morgan fingerprint density at radius 2 is 1.96 bits per heavy atom. The van der Waals surface area contributed by atoms with E-state index in [-0.39, 0.29) is 11.5 Å². The van der Waals surface area contributed by atoms with Crippen molar-refractivity contribution in [2.24, 2.45) is 7.05 Å². The zero-order valence-corrected chi connectivity index (χ0v) is 15.4. The van der Waals surface area contributed by atoms with Crippen molar-refractivity contribution in [1.29, 1.82) is 0 Å². The summed E-state index contributed by atoms with van der Waals surface area (Å²) < 4.78 is 7.26. The maximum absolute atomic E-state index is 12.3. The summed E-state index contributed by atoms with van der Waals surface area (Å²) in [4.78, 5) is 27.4. The van der Waals surface area contributed by atoms with E-state index in [0.717, 1.165) is 11.3 Å². The number of hydrogen-bond donors (Lipinski definition) is 2. The zero-order valence-electron chi connectivity index (χ0n) is 14.5. The molecule has 0 aliphatic carbocycles. The average molecular weight is 369 g/mol. The number of ether oxygens (including phenoxy) is 1. The number of fused-ring (bicyclic) bond motifs is 1. The number of aromatic nitrogens is 2. The van der Waals surface area contributed by atoms with Crippen molar-refractivity contribution in [1.82, 2.24) is 14.9 Å². The highest BCUT2D eigenvalue weighted by atomic mass is 32.1. The topological polar surface area (TPSA) is 76.1 Å². The third kappa shape index (κ3) is 3.83. The second-order valence-corrected chi connectivity index (χ2v) is 6.36. The van der Waals surface area contributed by atoms with Crippen LogP contribution < -0.4 is 15.6 Å². The van der Waals surface area contributed by atoms with Crippen LogP contribution in [0.3, 0.4) is 0 Å². The van der Waals surface area contributed by atoms with E-state index in [4.69, 9.17) is 17.0 Å². The Labute approximate surface area is 155 Å². The molecule has 7 heteroatoms. The number of carbonyl (C=O) groups excluding carboxylic acids is 1. The van der Waals surface area contributed by atoms with Crippen LogP contribution in [0, 0.1) is 11.7 Å². The Morgan fingerprint density at radius 3 is 2.69 bits per heavy atom. The van der Waals surface area contributed by atoms with E-state index in [9.17, 15) is 9.59 Å². The molecular weight excluding hydrogens is 350 g/mol. The summed E-state index contributed by atoms with van der Waals surface area (Å²) in [5, 5.41) is 3.29. The van der Waals surface area contributed by atoms with Crippen LogP contribution in [0.25, 0.3) is 10.9 Å². The van der Waals surface area contributed by atoms with Gasteiger partial charge in [0.25, 0.3) is 11.5 Å². The van der Waals surface area contributed by atoms with Crippen molar-refractivity contribution < 1.29 is 9.53 Å². The predicted octanol–water partition coefficient (Wildman–Crippen LogP) is 2.71. The third-order valence-corrected chi connectivity index (χ3v) is 4.42. The Hall–Kier alpha value is -2.93. The Bertz CT molecular complexity index is 1070. The van der Waals surface area contributed by atoms with Gasteiger partial charge in [-0.15, -0.1) is 0 Å². The smallest absolute Gasteiger partial charge is 0.261 e. The van der Waals surface area contributed by atoms with Crippen molar-refractivity contribution in [3.63, 3.8) is 0 Å². The lowest BCUT2D eigenvalue weighted by Crippen LogP contribution is -2.28. The van der Waals surface area contributed by atoms with Gasteiger partial charge in [0.2, 0.25) is 0 Å². The number of nitrogens with zero attached hydrogens (tertiary/aromatic N) is 1. The number of nitrogens with one attached hydrogen (secondary N) is 2. The minimum Gasteiger partial charge on any atom is -0.492 e. The lowest BCUT2D eigenvalue weighted by atomic mass is 10.1. The highest BCUT2D eigenvalue weighted by Gasteiger charge is 2.09. The molecule has 0 radical (unpaired) electrons. The normalized spacial score (nSPS) is 10.7. The minimum absolute atomic E-state index is 0.192. The van der Waals surface area contributed by atoms with E-state index in [1.807, 2.05) is 31.2 Å². The molecule has 0 spiro atoms. The molecule has 0 bridgehead atoms. The van der Waals surface area contributed by atoms with Crippen molar-refractivity contribution in [3.05, 3.63) is 68.7 Å². The van der Waals surface area contributed by atoms with E-state index in [2.05, 4.69) is 10.3 Å².